The number of nitrogens with one attached hydrogen (secondary N) is 1. The van der Waals surface area contributed by atoms with Gasteiger partial charge in [-0.1, -0.05) is 13.0 Å². The fourth-order valence-corrected chi connectivity index (χ4v) is 2.06. The van der Waals surface area contributed by atoms with Crippen LogP contribution in [0.1, 0.15) is 13.3 Å². The van der Waals surface area contributed by atoms with Crippen LogP contribution in [0.5, 0.6) is 0 Å². The van der Waals surface area contributed by atoms with Crippen molar-refractivity contribution in [3.63, 3.8) is 0 Å². The van der Waals surface area contributed by atoms with Crippen molar-refractivity contribution in [3.8, 4) is 0 Å². The molecule has 1 saturated heterocycles. The molecule has 1 aliphatic heterocycles. The van der Waals surface area contributed by atoms with E-state index in [1.165, 1.54) is 7.11 Å². The molecular weight excluding hydrogens is 260 g/mol. The Morgan fingerprint density at radius 3 is 2.95 bits per heavy atom. The molecule has 1 atom stereocenters. The van der Waals surface area contributed by atoms with Crippen molar-refractivity contribution in [1.82, 2.24) is 0 Å². The molecule has 0 saturated carbocycles. The zero-order valence-electron chi connectivity index (χ0n) is 11.6. The summed E-state index contributed by atoms with van der Waals surface area (Å²) in [5, 5.41) is 3.10. The number of nitrogens with zero attached hydrogens (tertiary/aromatic N) is 1. The first kappa shape index (κ1) is 14.2. The number of methoxy groups -OCH3 is 1. The minimum Gasteiger partial charge on any atom is -0.467 e. The Kier molecular flexibility index (Phi) is 4.45. The third kappa shape index (κ3) is 3.01. The van der Waals surface area contributed by atoms with Gasteiger partial charge in [0.1, 0.15) is 12.6 Å². The number of cyclic esters (lactones) is 1. The second kappa shape index (κ2) is 6.27. The fraction of sp³-hybridized carbons (Fsp3) is 0.429. The van der Waals surface area contributed by atoms with Gasteiger partial charge in [-0.25, -0.2) is 9.59 Å². The monoisotopic (exact) mass is 278 g/mol. The van der Waals surface area contributed by atoms with Crippen molar-refractivity contribution in [2.24, 2.45) is 0 Å². The van der Waals surface area contributed by atoms with Gasteiger partial charge in [0.05, 0.1) is 13.7 Å². The lowest BCUT2D eigenvalue weighted by atomic mass is 10.2. The first-order valence-electron chi connectivity index (χ1n) is 6.54. The number of anilines is 2. The number of esters is 1. The standard InChI is InChI=1S/C14H18N2O4/c1-3-12(13(17)19-2)15-10-5-4-6-11(9-10)16-7-8-20-14(16)18/h4-6,9,12,15H,3,7-8H2,1-2H3. The third-order valence-corrected chi connectivity index (χ3v) is 3.15. The van der Waals surface area contributed by atoms with Gasteiger partial charge < -0.3 is 14.8 Å². The van der Waals surface area contributed by atoms with Crippen molar-refractivity contribution in [2.75, 3.05) is 30.5 Å². The van der Waals surface area contributed by atoms with Gasteiger partial charge in [-0.2, -0.15) is 0 Å². The summed E-state index contributed by atoms with van der Waals surface area (Å²) < 4.78 is 9.65. The largest absolute Gasteiger partial charge is 0.467 e. The maximum absolute atomic E-state index is 11.6. The molecule has 0 aliphatic carbocycles. The topological polar surface area (TPSA) is 67.9 Å². The molecule has 0 spiro atoms. The van der Waals surface area contributed by atoms with E-state index in [2.05, 4.69) is 5.32 Å². The summed E-state index contributed by atoms with van der Waals surface area (Å²) in [5.74, 6) is -0.307. The van der Waals surface area contributed by atoms with Crippen LogP contribution in [0.15, 0.2) is 24.3 Å². The van der Waals surface area contributed by atoms with Crippen molar-refractivity contribution in [2.45, 2.75) is 19.4 Å². The van der Waals surface area contributed by atoms with Crippen LogP contribution in [0.2, 0.25) is 0 Å². The van der Waals surface area contributed by atoms with E-state index in [-0.39, 0.29) is 12.1 Å². The van der Waals surface area contributed by atoms with E-state index >= 15 is 0 Å². The second-order valence-corrected chi connectivity index (χ2v) is 4.44. The van der Waals surface area contributed by atoms with E-state index in [1.54, 1.807) is 4.90 Å². The van der Waals surface area contributed by atoms with Gasteiger partial charge in [-0.15, -0.1) is 0 Å². The van der Waals surface area contributed by atoms with Gasteiger partial charge in [0.15, 0.2) is 0 Å². The Bertz CT molecular complexity index is 504. The molecule has 2 rings (SSSR count). The lowest BCUT2D eigenvalue weighted by Gasteiger charge is -2.18. The van der Waals surface area contributed by atoms with E-state index in [0.717, 1.165) is 11.4 Å². The van der Waals surface area contributed by atoms with Gasteiger partial charge in [-0.3, -0.25) is 4.90 Å². The Labute approximate surface area is 117 Å². The molecule has 1 aliphatic rings. The second-order valence-electron chi connectivity index (χ2n) is 4.44. The molecule has 1 aromatic rings. The summed E-state index contributed by atoms with van der Waals surface area (Å²) in [4.78, 5) is 24.7. The number of benzene rings is 1. The summed E-state index contributed by atoms with van der Waals surface area (Å²) in [5.41, 5.74) is 1.51. The van der Waals surface area contributed by atoms with E-state index < -0.39 is 6.04 Å². The Balaban J connectivity index is 2.13. The molecule has 1 heterocycles. The SMILES string of the molecule is CCC(Nc1cccc(N2CCOC2=O)c1)C(=O)OC. The Hall–Kier alpha value is -2.24. The number of rotatable bonds is 5. The van der Waals surface area contributed by atoms with Crippen LogP contribution in [0.25, 0.3) is 0 Å². The number of carbonyl (C=O) groups is 2. The van der Waals surface area contributed by atoms with Crippen molar-refractivity contribution in [1.29, 1.82) is 0 Å². The first-order chi connectivity index (χ1) is 9.65. The molecule has 1 N–H and O–H groups in total. The van der Waals surface area contributed by atoms with E-state index in [1.807, 2.05) is 31.2 Å². The highest BCUT2D eigenvalue weighted by Gasteiger charge is 2.24. The fourth-order valence-electron chi connectivity index (χ4n) is 2.06. The number of carbonyl (C=O) groups excluding carboxylic acids is 2. The van der Waals surface area contributed by atoms with Crippen molar-refractivity contribution >= 4 is 23.4 Å². The highest BCUT2D eigenvalue weighted by molar-refractivity contribution is 5.90. The Morgan fingerprint density at radius 1 is 1.55 bits per heavy atom. The first-order valence-corrected chi connectivity index (χ1v) is 6.54. The van der Waals surface area contributed by atoms with Crippen LogP contribution in [0.4, 0.5) is 16.2 Å². The van der Waals surface area contributed by atoms with Gasteiger partial charge in [0.25, 0.3) is 0 Å². The van der Waals surface area contributed by atoms with E-state index in [4.69, 9.17) is 9.47 Å². The molecule has 108 valence electrons. The van der Waals surface area contributed by atoms with E-state index in [0.29, 0.717) is 19.6 Å². The highest BCUT2D eigenvalue weighted by Crippen LogP contribution is 2.23. The summed E-state index contributed by atoms with van der Waals surface area (Å²) in [6.07, 6.45) is 0.269. The summed E-state index contributed by atoms with van der Waals surface area (Å²) in [6, 6.07) is 6.92. The molecule has 20 heavy (non-hydrogen) atoms. The smallest absolute Gasteiger partial charge is 0.414 e. The molecule has 1 amide bonds. The summed E-state index contributed by atoms with van der Waals surface area (Å²) in [6.45, 7) is 2.84. The van der Waals surface area contributed by atoms with Gasteiger partial charge in [-0.05, 0) is 24.6 Å². The molecule has 1 fully saturated rings. The predicted octanol–water partition coefficient (Wildman–Crippen LogP) is 2.01. The summed E-state index contributed by atoms with van der Waals surface area (Å²) >= 11 is 0. The average Bonchev–Trinajstić information content (AvgIpc) is 2.90. The minimum atomic E-state index is -0.402. The van der Waals surface area contributed by atoms with E-state index in [9.17, 15) is 9.59 Å². The van der Waals surface area contributed by atoms with Crippen molar-refractivity contribution in [3.05, 3.63) is 24.3 Å². The lowest BCUT2D eigenvalue weighted by molar-refractivity contribution is -0.141. The average molecular weight is 278 g/mol. The van der Waals surface area contributed by atoms with Crippen LogP contribution in [0.3, 0.4) is 0 Å². The molecule has 0 bridgehead atoms. The number of ether oxygens (including phenoxy) is 2. The zero-order chi connectivity index (χ0) is 14.5. The van der Waals surface area contributed by atoms with Crippen LogP contribution >= 0.6 is 0 Å². The third-order valence-electron chi connectivity index (χ3n) is 3.15. The molecule has 6 nitrogen and oxygen atoms in total. The molecule has 0 aromatic heterocycles. The highest BCUT2D eigenvalue weighted by atomic mass is 16.6. The van der Waals surface area contributed by atoms with Gasteiger partial charge >= 0.3 is 12.1 Å². The normalized spacial score (nSPS) is 15.7. The van der Waals surface area contributed by atoms with Gasteiger partial charge in [0, 0.05) is 11.4 Å². The van der Waals surface area contributed by atoms with Crippen LogP contribution in [-0.2, 0) is 14.3 Å². The minimum absolute atomic E-state index is 0.307. The molecule has 1 unspecified atom stereocenters. The van der Waals surface area contributed by atoms with Crippen LogP contribution in [-0.4, -0.2) is 38.4 Å². The molecule has 6 heteroatoms. The maximum Gasteiger partial charge on any atom is 0.414 e. The molecular formula is C14H18N2O4. The number of hydrogen-bond donors (Lipinski definition) is 1. The Morgan fingerprint density at radius 2 is 2.35 bits per heavy atom. The molecule has 1 aromatic carbocycles. The summed E-state index contributed by atoms with van der Waals surface area (Å²) in [7, 11) is 1.36. The lowest BCUT2D eigenvalue weighted by Crippen LogP contribution is -2.30. The quantitative estimate of drug-likeness (QED) is 0.834. The number of amides is 1. The predicted molar refractivity (Wildman–Crippen MR) is 74.9 cm³/mol. The number of hydrogen-bond acceptors (Lipinski definition) is 5. The molecule has 0 radical (unpaired) electrons. The van der Waals surface area contributed by atoms with Crippen LogP contribution in [0, 0.1) is 0 Å². The van der Waals surface area contributed by atoms with Crippen LogP contribution < -0.4 is 10.2 Å². The maximum atomic E-state index is 11.6. The van der Waals surface area contributed by atoms with Crippen molar-refractivity contribution < 1.29 is 19.1 Å². The zero-order valence-corrected chi connectivity index (χ0v) is 11.6. The van der Waals surface area contributed by atoms with Gasteiger partial charge in [0.2, 0.25) is 0 Å².